The van der Waals surface area contributed by atoms with Crippen LogP contribution in [0, 0.1) is 6.92 Å². The molecule has 13 heavy (non-hydrogen) atoms. The standard InChI is InChI=1S/C9H9BrO3/c1-4-3-6-7(9(11)12-4)5(2)8(10)13-6/h4H,3H2,1-2H3. The molecule has 0 aromatic carbocycles. The van der Waals surface area contributed by atoms with E-state index in [9.17, 15) is 4.79 Å². The van der Waals surface area contributed by atoms with Crippen LogP contribution in [0.15, 0.2) is 9.09 Å². The number of fused-ring (bicyclic) bond motifs is 1. The second kappa shape index (κ2) is 2.87. The molecule has 2 rings (SSSR count). The van der Waals surface area contributed by atoms with Crippen molar-refractivity contribution in [1.82, 2.24) is 0 Å². The first-order valence-electron chi connectivity index (χ1n) is 4.08. The highest BCUT2D eigenvalue weighted by molar-refractivity contribution is 9.10. The molecule has 0 saturated heterocycles. The van der Waals surface area contributed by atoms with Crippen molar-refractivity contribution in [3.63, 3.8) is 0 Å². The molecule has 2 heterocycles. The summed E-state index contributed by atoms with van der Waals surface area (Å²) < 4.78 is 11.1. The number of carbonyl (C=O) groups excluding carboxylic acids is 1. The van der Waals surface area contributed by atoms with Gasteiger partial charge in [-0.05, 0) is 29.8 Å². The van der Waals surface area contributed by atoms with Gasteiger partial charge in [0, 0.05) is 12.0 Å². The minimum absolute atomic E-state index is 0.0857. The van der Waals surface area contributed by atoms with Gasteiger partial charge in [-0.25, -0.2) is 4.79 Å². The lowest BCUT2D eigenvalue weighted by molar-refractivity contribution is 0.0282. The van der Waals surface area contributed by atoms with Gasteiger partial charge in [-0.2, -0.15) is 0 Å². The highest BCUT2D eigenvalue weighted by Crippen LogP contribution is 2.31. The second-order valence-corrected chi connectivity index (χ2v) is 3.94. The Kier molecular flexibility index (Phi) is 1.95. The first-order valence-corrected chi connectivity index (χ1v) is 4.87. The Morgan fingerprint density at radius 3 is 2.92 bits per heavy atom. The Bertz CT molecular complexity index is 367. The Morgan fingerprint density at radius 1 is 1.54 bits per heavy atom. The van der Waals surface area contributed by atoms with E-state index in [0.29, 0.717) is 16.7 Å². The van der Waals surface area contributed by atoms with E-state index >= 15 is 0 Å². The fourth-order valence-corrected chi connectivity index (χ4v) is 1.89. The molecule has 4 heteroatoms. The van der Waals surface area contributed by atoms with Gasteiger partial charge in [0.25, 0.3) is 0 Å². The SMILES string of the molecule is Cc1c(Br)oc2c1C(=O)OC(C)C2. The number of ether oxygens (including phenoxy) is 1. The summed E-state index contributed by atoms with van der Waals surface area (Å²) in [5, 5.41) is 0. The van der Waals surface area contributed by atoms with Crippen LogP contribution in [0.2, 0.25) is 0 Å². The molecule has 1 aliphatic rings. The zero-order valence-corrected chi connectivity index (χ0v) is 8.97. The van der Waals surface area contributed by atoms with E-state index in [4.69, 9.17) is 9.15 Å². The van der Waals surface area contributed by atoms with Crippen molar-refractivity contribution >= 4 is 21.9 Å². The predicted octanol–water partition coefficient (Wildman–Crippen LogP) is 2.45. The molecular weight excluding hydrogens is 236 g/mol. The van der Waals surface area contributed by atoms with Crippen molar-refractivity contribution in [2.45, 2.75) is 26.4 Å². The Labute approximate surface area is 84.2 Å². The van der Waals surface area contributed by atoms with Crippen molar-refractivity contribution < 1.29 is 13.9 Å². The van der Waals surface area contributed by atoms with Gasteiger partial charge < -0.3 is 9.15 Å². The maximum Gasteiger partial charge on any atom is 0.342 e. The highest BCUT2D eigenvalue weighted by Gasteiger charge is 2.30. The number of hydrogen-bond acceptors (Lipinski definition) is 3. The van der Waals surface area contributed by atoms with Crippen LogP contribution in [0.1, 0.15) is 28.6 Å². The lowest BCUT2D eigenvalue weighted by atomic mass is 10.1. The monoisotopic (exact) mass is 244 g/mol. The molecule has 0 amide bonds. The second-order valence-electron chi connectivity index (χ2n) is 3.22. The fourth-order valence-electron chi connectivity index (χ4n) is 1.50. The summed E-state index contributed by atoms with van der Waals surface area (Å²) in [6.07, 6.45) is 0.575. The van der Waals surface area contributed by atoms with E-state index in [1.807, 2.05) is 13.8 Å². The number of carbonyl (C=O) groups is 1. The largest absolute Gasteiger partial charge is 0.458 e. The third-order valence-electron chi connectivity index (χ3n) is 2.15. The molecule has 0 saturated carbocycles. The average molecular weight is 245 g/mol. The summed E-state index contributed by atoms with van der Waals surface area (Å²) in [6.45, 7) is 3.69. The molecule has 0 fully saturated rings. The molecule has 70 valence electrons. The molecule has 0 aliphatic carbocycles. The highest BCUT2D eigenvalue weighted by atomic mass is 79.9. The third-order valence-corrected chi connectivity index (χ3v) is 2.90. The van der Waals surface area contributed by atoms with Crippen LogP contribution in [-0.2, 0) is 11.2 Å². The van der Waals surface area contributed by atoms with Crippen LogP contribution in [0.3, 0.4) is 0 Å². The molecule has 1 aliphatic heterocycles. The van der Waals surface area contributed by atoms with Gasteiger partial charge in [-0.1, -0.05) is 0 Å². The quantitative estimate of drug-likeness (QED) is 0.659. The smallest absolute Gasteiger partial charge is 0.342 e. The summed E-state index contributed by atoms with van der Waals surface area (Å²) in [4.78, 5) is 11.4. The van der Waals surface area contributed by atoms with Gasteiger partial charge in [-0.15, -0.1) is 0 Å². The minimum Gasteiger partial charge on any atom is -0.458 e. The predicted molar refractivity (Wildman–Crippen MR) is 49.7 cm³/mol. The van der Waals surface area contributed by atoms with Gasteiger partial charge in [0.05, 0.1) is 0 Å². The normalized spacial score (nSPS) is 21.2. The Balaban J connectivity index is 2.55. The molecule has 0 spiro atoms. The number of esters is 1. The van der Waals surface area contributed by atoms with E-state index in [1.54, 1.807) is 0 Å². The average Bonchev–Trinajstić information content (AvgIpc) is 2.27. The molecule has 0 radical (unpaired) electrons. The minimum atomic E-state index is -0.277. The van der Waals surface area contributed by atoms with Gasteiger partial charge in [-0.3, -0.25) is 0 Å². The topological polar surface area (TPSA) is 39.4 Å². The van der Waals surface area contributed by atoms with Crippen LogP contribution in [0.25, 0.3) is 0 Å². The van der Waals surface area contributed by atoms with Gasteiger partial charge in [0.15, 0.2) is 4.67 Å². The van der Waals surface area contributed by atoms with Crippen LogP contribution in [0.5, 0.6) is 0 Å². The van der Waals surface area contributed by atoms with Crippen molar-refractivity contribution in [2.75, 3.05) is 0 Å². The first kappa shape index (κ1) is 8.81. The molecular formula is C9H9BrO3. The van der Waals surface area contributed by atoms with Gasteiger partial charge in [0.1, 0.15) is 17.4 Å². The van der Waals surface area contributed by atoms with E-state index in [-0.39, 0.29) is 12.1 Å². The molecule has 1 atom stereocenters. The molecule has 1 aromatic heterocycles. The van der Waals surface area contributed by atoms with E-state index in [0.717, 1.165) is 11.3 Å². The Morgan fingerprint density at radius 2 is 2.23 bits per heavy atom. The number of halogens is 1. The lowest BCUT2D eigenvalue weighted by Crippen LogP contribution is -2.24. The third kappa shape index (κ3) is 1.29. The number of hydrogen-bond donors (Lipinski definition) is 0. The zero-order chi connectivity index (χ0) is 9.59. The summed E-state index contributed by atoms with van der Waals surface area (Å²) in [5.74, 6) is 0.453. The summed E-state index contributed by atoms with van der Waals surface area (Å²) in [6, 6.07) is 0. The summed E-state index contributed by atoms with van der Waals surface area (Å²) in [5.41, 5.74) is 1.41. The van der Waals surface area contributed by atoms with E-state index in [1.165, 1.54) is 0 Å². The summed E-state index contributed by atoms with van der Waals surface area (Å²) in [7, 11) is 0. The van der Waals surface area contributed by atoms with Crippen molar-refractivity contribution in [3.05, 3.63) is 21.6 Å². The Hall–Kier alpha value is -0.770. The number of furan rings is 1. The van der Waals surface area contributed by atoms with Crippen LogP contribution in [-0.4, -0.2) is 12.1 Å². The maximum atomic E-state index is 11.4. The lowest BCUT2D eigenvalue weighted by Gasteiger charge is -2.17. The number of rotatable bonds is 0. The maximum absolute atomic E-state index is 11.4. The summed E-state index contributed by atoms with van der Waals surface area (Å²) >= 11 is 3.25. The van der Waals surface area contributed by atoms with Crippen LogP contribution >= 0.6 is 15.9 Å². The van der Waals surface area contributed by atoms with Crippen molar-refractivity contribution in [1.29, 1.82) is 0 Å². The van der Waals surface area contributed by atoms with Crippen molar-refractivity contribution in [2.24, 2.45) is 0 Å². The molecule has 0 bridgehead atoms. The van der Waals surface area contributed by atoms with E-state index < -0.39 is 0 Å². The van der Waals surface area contributed by atoms with Gasteiger partial charge >= 0.3 is 5.97 Å². The van der Waals surface area contributed by atoms with Gasteiger partial charge in [0.2, 0.25) is 0 Å². The fraction of sp³-hybridized carbons (Fsp3) is 0.444. The molecule has 1 aromatic rings. The molecule has 3 nitrogen and oxygen atoms in total. The van der Waals surface area contributed by atoms with E-state index in [2.05, 4.69) is 15.9 Å². The van der Waals surface area contributed by atoms with Crippen LogP contribution < -0.4 is 0 Å². The van der Waals surface area contributed by atoms with Crippen molar-refractivity contribution in [3.8, 4) is 0 Å². The number of cyclic esters (lactones) is 1. The molecule has 1 unspecified atom stereocenters. The first-order chi connectivity index (χ1) is 6.09. The molecule has 0 N–H and O–H groups in total. The van der Waals surface area contributed by atoms with Crippen LogP contribution in [0.4, 0.5) is 0 Å². The zero-order valence-electron chi connectivity index (χ0n) is 7.39.